The van der Waals surface area contributed by atoms with Gasteiger partial charge in [-0.2, -0.15) is 9.97 Å². The molecule has 3 aromatic rings. The molecule has 1 aromatic carbocycles. The topological polar surface area (TPSA) is 106 Å². The highest BCUT2D eigenvalue weighted by atomic mass is 19.3. The van der Waals surface area contributed by atoms with Gasteiger partial charge in [0.05, 0.1) is 30.8 Å². The predicted octanol–water partition coefficient (Wildman–Crippen LogP) is 3.07. The summed E-state index contributed by atoms with van der Waals surface area (Å²) in [5, 5.41) is 0. The molecular weight excluding hydrogens is 536 g/mol. The molecule has 2 fully saturated rings. The maximum absolute atomic E-state index is 14.1. The number of carbonyl (C=O) groups excluding carboxylic acids is 2. The summed E-state index contributed by atoms with van der Waals surface area (Å²) in [7, 11) is 4.97. The van der Waals surface area contributed by atoms with Gasteiger partial charge in [-0.05, 0) is 37.8 Å². The van der Waals surface area contributed by atoms with Gasteiger partial charge in [0.25, 0.3) is 6.43 Å². The van der Waals surface area contributed by atoms with Gasteiger partial charge in [-0.3, -0.25) is 14.2 Å². The molecule has 2 aromatic heterocycles. The first-order valence-electron chi connectivity index (χ1n) is 13.8. The Labute approximate surface area is 237 Å². The molecule has 13 heteroatoms. The lowest BCUT2D eigenvalue weighted by molar-refractivity contribution is -0.141. The van der Waals surface area contributed by atoms with Crippen molar-refractivity contribution in [3.8, 4) is 11.7 Å². The van der Waals surface area contributed by atoms with Crippen molar-refractivity contribution in [3.05, 3.63) is 36.2 Å². The number of anilines is 1. The van der Waals surface area contributed by atoms with Gasteiger partial charge in [-0.25, -0.2) is 13.8 Å². The number of morpholine rings is 1. The second kappa shape index (κ2) is 12.3. The summed E-state index contributed by atoms with van der Waals surface area (Å²) in [6, 6.07) is 8.51. The largest absolute Gasteiger partial charge is 0.474 e. The van der Waals surface area contributed by atoms with Crippen LogP contribution in [0, 0.1) is 5.92 Å². The van der Waals surface area contributed by atoms with Gasteiger partial charge in [0.1, 0.15) is 11.9 Å². The number of halogens is 2. The summed E-state index contributed by atoms with van der Waals surface area (Å²) in [6.45, 7) is 2.18. The summed E-state index contributed by atoms with van der Waals surface area (Å²) in [5.41, 5.74) is 0.952. The number of imidazole rings is 1. The Balaban J connectivity index is 1.37. The minimum atomic E-state index is -2.81. The van der Waals surface area contributed by atoms with Crippen LogP contribution >= 0.6 is 0 Å². The number of hydrogen-bond donors (Lipinski definition) is 0. The van der Waals surface area contributed by atoms with Gasteiger partial charge >= 0.3 is 0 Å². The second-order valence-corrected chi connectivity index (χ2v) is 10.6. The zero-order chi connectivity index (χ0) is 29.1. The first-order chi connectivity index (χ1) is 19.7. The van der Waals surface area contributed by atoms with Gasteiger partial charge in [-0.15, -0.1) is 0 Å². The minimum Gasteiger partial charge on any atom is -0.474 e. The average molecular weight is 572 g/mol. The molecule has 1 saturated heterocycles. The van der Waals surface area contributed by atoms with Gasteiger partial charge in [0, 0.05) is 46.2 Å². The third-order valence-corrected chi connectivity index (χ3v) is 7.54. The van der Waals surface area contributed by atoms with Crippen molar-refractivity contribution in [2.24, 2.45) is 5.92 Å². The number of nitrogens with zero attached hydrogens (tertiary/aromatic N) is 7. The van der Waals surface area contributed by atoms with E-state index in [-0.39, 0.29) is 42.1 Å². The van der Waals surface area contributed by atoms with Crippen LogP contribution in [0.5, 0.6) is 5.88 Å². The Morgan fingerprint density at radius 2 is 1.76 bits per heavy atom. The maximum atomic E-state index is 14.1. The monoisotopic (exact) mass is 571 g/mol. The molecule has 0 unspecified atom stereocenters. The molecule has 0 bridgehead atoms. The number of alkyl halides is 2. The van der Waals surface area contributed by atoms with E-state index in [1.54, 1.807) is 51.5 Å². The van der Waals surface area contributed by atoms with Crippen LogP contribution in [0.2, 0.25) is 0 Å². The summed E-state index contributed by atoms with van der Waals surface area (Å²) in [4.78, 5) is 43.3. The molecule has 11 nitrogen and oxygen atoms in total. The standard InChI is InChI=1S/C28H35F2N7O4/c1-34(2)24(38)17-35(3)27(39)18-8-10-19(11-9-18)41-23-16-22(32-28(33-23)36-12-14-40-15-13-36)37-21-7-5-4-6-20(21)31-26(37)25(29)30/h4-7,16,18-19,25H,8-15,17H2,1-3H3/t18-,19-. The Morgan fingerprint density at radius 3 is 2.44 bits per heavy atom. The molecule has 41 heavy (non-hydrogen) atoms. The van der Waals surface area contributed by atoms with Crippen molar-refractivity contribution in [1.82, 2.24) is 29.3 Å². The molecule has 1 aliphatic heterocycles. The highest BCUT2D eigenvalue weighted by Gasteiger charge is 2.31. The van der Waals surface area contributed by atoms with Crippen molar-refractivity contribution < 1.29 is 27.8 Å². The number of rotatable bonds is 8. The number of likely N-dealkylation sites (N-methyl/N-ethyl adjacent to an activating group) is 2. The van der Waals surface area contributed by atoms with Crippen molar-refractivity contribution in [3.63, 3.8) is 0 Å². The van der Waals surface area contributed by atoms with E-state index in [4.69, 9.17) is 9.47 Å². The number of benzene rings is 1. The zero-order valence-electron chi connectivity index (χ0n) is 23.5. The molecule has 1 saturated carbocycles. The van der Waals surface area contributed by atoms with Crippen molar-refractivity contribution in [1.29, 1.82) is 0 Å². The van der Waals surface area contributed by atoms with Crippen LogP contribution in [0.25, 0.3) is 16.9 Å². The summed E-state index contributed by atoms with van der Waals surface area (Å²) in [5.74, 6) is 0.118. The van der Waals surface area contributed by atoms with E-state index in [9.17, 15) is 18.4 Å². The third kappa shape index (κ3) is 6.39. The Hall–Kier alpha value is -3.87. The summed E-state index contributed by atoms with van der Waals surface area (Å²) in [6.07, 6.45) is -0.558. The molecule has 0 atom stereocenters. The first kappa shape index (κ1) is 28.7. The van der Waals surface area contributed by atoms with Crippen LogP contribution in [0.3, 0.4) is 0 Å². The number of amides is 2. The normalized spacial score (nSPS) is 19.4. The Morgan fingerprint density at radius 1 is 1.05 bits per heavy atom. The van der Waals surface area contributed by atoms with E-state index in [0.29, 0.717) is 69.0 Å². The SMILES string of the molecule is CN(C)C(=O)CN(C)C(=O)[C@H]1CC[C@H](Oc2cc(-n3c(C(F)F)nc4ccccc43)nc(N3CCOCC3)n2)CC1. The zero-order valence-corrected chi connectivity index (χ0v) is 23.5. The fourth-order valence-corrected chi connectivity index (χ4v) is 5.24. The molecule has 5 rings (SSSR count). The first-order valence-corrected chi connectivity index (χ1v) is 13.8. The number of carbonyl (C=O) groups is 2. The molecule has 0 radical (unpaired) electrons. The van der Waals surface area contributed by atoms with Crippen molar-refractivity contribution in [2.75, 3.05) is 58.9 Å². The lowest BCUT2D eigenvalue weighted by Crippen LogP contribution is -2.42. The lowest BCUT2D eigenvalue weighted by Gasteiger charge is -2.31. The Kier molecular flexibility index (Phi) is 8.62. The van der Waals surface area contributed by atoms with Crippen LogP contribution in [-0.2, 0) is 14.3 Å². The van der Waals surface area contributed by atoms with Crippen molar-refractivity contribution >= 4 is 28.8 Å². The number of para-hydroxylation sites is 2. The summed E-state index contributed by atoms with van der Waals surface area (Å²) >= 11 is 0. The highest BCUT2D eigenvalue weighted by Crippen LogP contribution is 2.32. The molecule has 2 amide bonds. The molecule has 2 aliphatic rings. The molecule has 220 valence electrons. The maximum Gasteiger partial charge on any atom is 0.296 e. The third-order valence-electron chi connectivity index (χ3n) is 7.54. The lowest BCUT2D eigenvalue weighted by atomic mass is 9.86. The van der Waals surface area contributed by atoms with Gasteiger partial charge in [-0.1, -0.05) is 12.1 Å². The Bertz CT molecular complexity index is 1390. The van der Waals surface area contributed by atoms with Crippen LogP contribution in [0.4, 0.5) is 14.7 Å². The minimum absolute atomic E-state index is 0.0415. The van der Waals surface area contributed by atoms with Gasteiger partial charge in [0.15, 0.2) is 5.82 Å². The van der Waals surface area contributed by atoms with E-state index >= 15 is 0 Å². The smallest absolute Gasteiger partial charge is 0.296 e. The molecule has 1 aliphatic carbocycles. The predicted molar refractivity (Wildman–Crippen MR) is 147 cm³/mol. The van der Waals surface area contributed by atoms with Gasteiger partial charge < -0.3 is 24.2 Å². The fourth-order valence-electron chi connectivity index (χ4n) is 5.24. The highest BCUT2D eigenvalue weighted by molar-refractivity contribution is 5.85. The molecule has 3 heterocycles. The second-order valence-electron chi connectivity index (χ2n) is 10.6. The molecule has 0 spiro atoms. The fraction of sp³-hybridized carbons (Fsp3) is 0.536. The number of ether oxygens (including phenoxy) is 2. The van der Waals surface area contributed by atoms with E-state index < -0.39 is 12.2 Å². The van der Waals surface area contributed by atoms with Crippen LogP contribution in [-0.4, -0.2) is 101 Å². The molecule has 0 N–H and O–H groups in total. The quantitative estimate of drug-likeness (QED) is 0.406. The average Bonchev–Trinajstić information content (AvgIpc) is 3.37. The van der Waals surface area contributed by atoms with E-state index in [2.05, 4.69) is 15.0 Å². The van der Waals surface area contributed by atoms with Crippen LogP contribution in [0.1, 0.15) is 37.9 Å². The van der Waals surface area contributed by atoms with E-state index in [1.165, 1.54) is 14.4 Å². The van der Waals surface area contributed by atoms with E-state index in [0.717, 1.165) is 0 Å². The number of aromatic nitrogens is 4. The van der Waals surface area contributed by atoms with Crippen molar-refractivity contribution in [2.45, 2.75) is 38.2 Å². The number of fused-ring (bicyclic) bond motifs is 1. The van der Waals surface area contributed by atoms with Gasteiger partial charge in [0.2, 0.25) is 23.6 Å². The van der Waals surface area contributed by atoms with E-state index in [1.807, 2.05) is 4.90 Å². The van der Waals surface area contributed by atoms with Crippen LogP contribution < -0.4 is 9.64 Å². The summed E-state index contributed by atoms with van der Waals surface area (Å²) < 4.78 is 41.4. The van der Waals surface area contributed by atoms with Crippen LogP contribution in [0.15, 0.2) is 30.3 Å². The molecular formula is C28H35F2N7O4. The number of hydrogen-bond acceptors (Lipinski definition) is 8.